The highest BCUT2D eigenvalue weighted by molar-refractivity contribution is 6.05. The van der Waals surface area contributed by atoms with Crippen LogP contribution in [0.25, 0.3) is 0 Å². The maximum absolute atomic E-state index is 13.6. The Hall–Kier alpha value is -2.50. The monoisotopic (exact) mass is 249 g/mol. The van der Waals surface area contributed by atoms with Gasteiger partial charge in [0.25, 0.3) is 5.91 Å². The summed E-state index contributed by atoms with van der Waals surface area (Å²) in [7, 11) is 0. The smallest absolute Gasteiger partial charge is 0.258 e. The number of halogens is 2. The van der Waals surface area contributed by atoms with Crippen LogP contribution in [-0.2, 0) is 0 Å². The molecule has 6 heteroatoms. The van der Waals surface area contributed by atoms with Crippen LogP contribution in [-0.4, -0.2) is 10.9 Å². The summed E-state index contributed by atoms with van der Waals surface area (Å²) in [6.07, 6.45) is 2.93. The lowest BCUT2D eigenvalue weighted by Crippen LogP contribution is -2.15. The average molecular weight is 249 g/mol. The largest absolute Gasteiger partial charge is 0.396 e. The van der Waals surface area contributed by atoms with E-state index in [1.165, 1.54) is 24.5 Å². The minimum absolute atomic E-state index is 0.408. The number of aromatic nitrogens is 1. The van der Waals surface area contributed by atoms with Crippen molar-refractivity contribution in [1.29, 1.82) is 0 Å². The van der Waals surface area contributed by atoms with Gasteiger partial charge in [0.1, 0.15) is 5.82 Å². The van der Waals surface area contributed by atoms with E-state index in [1.807, 2.05) is 0 Å². The van der Waals surface area contributed by atoms with Gasteiger partial charge >= 0.3 is 0 Å². The minimum Gasteiger partial charge on any atom is -0.396 e. The van der Waals surface area contributed by atoms with Crippen molar-refractivity contribution in [2.45, 2.75) is 0 Å². The van der Waals surface area contributed by atoms with Gasteiger partial charge in [0.05, 0.1) is 11.3 Å². The number of pyridine rings is 1. The number of nitrogens with two attached hydrogens (primary N) is 1. The third-order valence-electron chi connectivity index (χ3n) is 2.25. The molecule has 0 atom stereocenters. The third-order valence-corrected chi connectivity index (χ3v) is 2.25. The van der Waals surface area contributed by atoms with Gasteiger partial charge in [-0.1, -0.05) is 0 Å². The SMILES string of the molecule is Nc1cc(F)cc(C(=O)Nc2ccncc2)c1F. The zero-order valence-electron chi connectivity index (χ0n) is 9.15. The van der Waals surface area contributed by atoms with Crippen molar-refractivity contribution in [2.75, 3.05) is 11.1 Å². The fourth-order valence-electron chi connectivity index (χ4n) is 1.41. The van der Waals surface area contributed by atoms with Gasteiger partial charge in [-0.2, -0.15) is 0 Å². The molecular weight excluding hydrogens is 240 g/mol. The molecule has 0 fully saturated rings. The highest BCUT2D eigenvalue weighted by atomic mass is 19.1. The number of hydrogen-bond donors (Lipinski definition) is 2. The molecule has 1 aromatic heterocycles. The molecule has 1 amide bonds. The van der Waals surface area contributed by atoms with Crippen LogP contribution >= 0.6 is 0 Å². The summed E-state index contributed by atoms with van der Waals surface area (Å²) >= 11 is 0. The summed E-state index contributed by atoms with van der Waals surface area (Å²) in [6.45, 7) is 0. The van der Waals surface area contributed by atoms with Gasteiger partial charge < -0.3 is 11.1 Å². The Labute approximate surface area is 101 Å². The van der Waals surface area contributed by atoms with Crippen molar-refractivity contribution in [3.05, 3.63) is 53.9 Å². The first-order chi connectivity index (χ1) is 8.58. The molecule has 0 saturated carbocycles. The Morgan fingerprint density at radius 1 is 1.22 bits per heavy atom. The van der Waals surface area contributed by atoms with Gasteiger partial charge in [-0.15, -0.1) is 0 Å². The van der Waals surface area contributed by atoms with Gasteiger partial charge in [-0.3, -0.25) is 9.78 Å². The predicted molar refractivity (Wildman–Crippen MR) is 63.0 cm³/mol. The van der Waals surface area contributed by atoms with Crippen molar-refractivity contribution in [1.82, 2.24) is 4.98 Å². The number of benzene rings is 1. The van der Waals surface area contributed by atoms with E-state index in [2.05, 4.69) is 10.3 Å². The van der Waals surface area contributed by atoms with Crippen molar-refractivity contribution in [3.8, 4) is 0 Å². The lowest BCUT2D eigenvalue weighted by atomic mass is 10.1. The van der Waals surface area contributed by atoms with Crippen molar-refractivity contribution in [3.63, 3.8) is 0 Å². The van der Waals surface area contributed by atoms with E-state index in [0.29, 0.717) is 5.69 Å². The van der Waals surface area contributed by atoms with Crippen molar-refractivity contribution >= 4 is 17.3 Å². The minimum atomic E-state index is -0.942. The maximum Gasteiger partial charge on any atom is 0.258 e. The van der Waals surface area contributed by atoms with Crippen LogP contribution in [0.2, 0.25) is 0 Å². The average Bonchev–Trinajstić information content (AvgIpc) is 2.35. The normalized spacial score (nSPS) is 10.1. The van der Waals surface area contributed by atoms with E-state index < -0.39 is 28.8 Å². The number of anilines is 2. The molecule has 0 unspecified atom stereocenters. The van der Waals surface area contributed by atoms with Gasteiger partial charge in [-0.05, 0) is 24.3 Å². The third kappa shape index (κ3) is 2.42. The quantitative estimate of drug-likeness (QED) is 0.801. The number of amides is 1. The summed E-state index contributed by atoms with van der Waals surface area (Å²) in [5.41, 5.74) is 4.83. The molecule has 92 valence electrons. The molecule has 18 heavy (non-hydrogen) atoms. The fraction of sp³-hybridized carbons (Fsp3) is 0. The fourth-order valence-corrected chi connectivity index (χ4v) is 1.41. The second-order valence-corrected chi connectivity index (χ2v) is 3.55. The predicted octanol–water partition coefficient (Wildman–Crippen LogP) is 2.19. The highest BCUT2D eigenvalue weighted by Crippen LogP contribution is 2.18. The van der Waals surface area contributed by atoms with E-state index in [1.54, 1.807) is 0 Å². The van der Waals surface area contributed by atoms with Crippen LogP contribution in [0.5, 0.6) is 0 Å². The lowest BCUT2D eigenvalue weighted by Gasteiger charge is -2.07. The number of nitrogens with one attached hydrogen (secondary N) is 1. The Morgan fingerprint density at radius 2 is 1.89 bits per heavy atom. The van der Waals surface area contributed by atoms with E-state index in [0.717, 1.165) is 12.1 Å². The van der Waals surface area contributed by atoms with Crippen LogP contribution in [0.3, 0.4) is 0 Å². The molecule has 1 aromatic carbocycles. The molecule has 0 bridgehead atoms. The zero-order valence-corrected chi connectivity index (χ0v) is 9.15. The summed E-state index contributed by atoms with van der Waals surface area (Å²) in [5.74, 6) is -2.48. The molecule has 0 aliphatic heterocycles. The van der Waals surface area contributed by atoms with Crippen LogP contribution in [0.1, 0.15) is 10.4 Å². The number of nitrogens with zero attached hydrogens (tertiary/aromatic N) is 1. The van der Waals surface area contributed by atoms with Gasteiger partial charge in [0.2, 0.25) is 0 Å². The van der Waals surface area contributed by atoms with Crippen molar-refractivity contribution < 1.29 is 13.6 Å². The standard InChI is InChI=1S/C12H9F2N3O/c13-7-5-9(11(14)10(15)6-7)12(18)17-8-1-3-16-4-2-8/h1-6H,15H2,(H,16,17,18). The second kappa shape index (κ2) is 4.79. The van der Waals surface area contributed by atoms with Crippen LogP contribution in [0.15, 0.2) is 36.7 Å². The molecule has 4 nitrogen and oxygen atoms in total. The number of nitrogen functional groups attached to an aromatic ring is 1. The number of rotatable bonds is 2. The molecule has 0 aliphatic carbocycles. The zero-order chi connectivity index (χ0) is 13.1. The number of carbonyl (C=O) groups excluding carboxylic acids is 1. The van der Waals surface area contributed by atoms with Crippen LogP contribution < -0.4 is 11.1 Å². The molecule has 0 saturated heterocycles. The molecule has 1 heterocycles. The summed E-state index contributed by atoms with van der Waals surface area (Å²) < 4.78 is 26.6. The summed E-state index contributed by atoms with van der Waals surface area (Å²) in [4.78, 5) is 15.5. The maximum atomic E-state index is 13.6. The molecule has 0 spiro atoms. The van der Waals surface area contributed by atoms with E-state index in [4.69, 9.17) is 5.73 Å². The molecule has 0 aliphatic rings. The second-order valence-electron chi connectivity index (χ2n) is 3.55. The van der Waals surface area contributed by atoms with Crippen molar-refractivity contribution in [2.24, 2.45) is 0 Å². The first-order valence-electron chi connectivity index (χ1n) is 5.04. The molecular formula is C12H9F2N3O. The summed E-state index contributed by atoms with van der Waals surface area (Å²) in [5, 5.41) is 2.41. The number of hydrogen-bond acceptors (Lipinski definition) is 3. The topological polar surface area (TPSA) is 68.0 Å². The molecule has 0 radical (unpaired) electrons. The Bertz CT molecular complexity index is 587. The molecule has 2 aromatic rings. The van der Waals surface area contributed by atoms with Crippen LogP contribution in [0.4, 0.5) is 20.2 Å². The Balaban J connectivity index is 2.30. The van der Waals surface area contributed by atoms with E-state index in [9.17, 15) is 13.6 Å². The van der Waals surface area contributed by atoms with E-state index in [-0.39, 0.29) is 0 Å². The highest BCUT2D eigenvalue weighted by Gasteiger charge is 2.16. The van der Waals surface area contributed by atoms with Gasteiger partial charge in [0.15, 0.2) is 5.82 Å². The van der Waals surface area contributed by atoms with E-state index >= 15 is 0 Å². The lowest BCUT2D eigenvalue weighted by molar-refractivity contribution is 0.102. The Kier molecular flexibility index (Phi) is 3.18. The first kappa shape index (κ1) is 12.0. The molecule has 3 N–H and O–H groups in total. The van der Waals surface area contributed by atoms with Crippen LogP contribution in [0, 0.1) is 11.6 Å². The first-order valence-corrected chi connectivity index (χ1v) is 5.04. The molecule has 2 rings (SSSR count). The van der Waals surface area contributed by atoms with Gasteiger partial charge in [0, 0.05) is 18.1 Å². The Morgan fingerprint density at radius 3 is 2.56 bits per heavy atom. The van der Waals surface area contributed by atoms with Gasteiger partial charge in [-0.25, -0.2) is 8.78 Å². The summed E-state index contributed by atoms with van der Waals surface area (Å²) in [6, 6.07) is 4.66. The number of carbonyl (C=O) groups is 1.